The van der Waals surface area contributed by atoms with Gasteiger partial charge in [-0.3, -0.25) is 10.1 Å². The second-order valence-electron chi connectivity index (χ2n) is 2.72. The number of nitrogens with zero attached hydrogens (tertiary/aromatic N) is 1. The molecular formula is C9H7NO4. The Balaban J connectivity index is 2.17. The van der Waals surface area contributed by atoms with Gasteiger partial charge in [0.25, 0.3) is 12.0 Å². The molecule has 0 fully saturated rings. The lowest BCUT2D eigenvalue weighted by atomic mass is 10.2. The van der Waals surface area contributed by atoms with Crippen LogP contribution in [0.15, 0.2) is 36.8 Å². The predicted molar refractivity (Wildman–Crippen MR) is 47.1 cm³/mol. The molecule has 1 aromatic rings. The molecule has 5 nitrogen and oxygen atoms in total. The van der Waals surface area contributed by atoms with Gasteiger partial charge in [0.2, 0.25) is 0 Å². The van der Waals surface area contributed by atoms with Crippen molar-refractivity contribution in [1.29, 1.82) is 0 Å². The van der Waals surface area contributed by atoms with Crippen LogP contribution < -0.4 is 0 Å². The molecule has 14 heavy (non-hydrogen) atoms. The van der Waals surface area contributed by atoms with Gasteiger partial charge in [0.1, 0.15) is 12.5 Å². The van der Waals surface area contributed by atoms with Gasteiger partial charge >= 0.3 is 0 Å². The Bertz CT molecular complexity index is 363. The van der Waals surface area contributed by atoms with E-state index in [-0.39, 0.29) is 5.69 Å². The third-order valence-electron chi connectivity index (χ3n) is 1.84. The molecule has 1 aromatic carbocycles. The molecule has 0 radical (unpaired) electrons. The van der Waals surface area contributed by atoms with Crippen LogP contribution >= 0.6 is 0 Å². The molecule has 0 amide bonds. The number of hydrogen-bond donors (Lipinski definition) is 0. The first-order chi connectivity index (χ1) is 6.77. The van der Waals surface area contributed by atoms with Crippen molar-refractivity contribution < 1.29 is 14.4 Å². The third-order valence-corrected chi connectivity index (χ3v) is 1.84. The summed E-state index contributed by atoms with van der Waals surface area (Å²) in [6, 6.07) is 6.05. The van der Waals surface area contributed by atoms with Gasteiger partial charge in [-0.25, -0.2) is 0 Å². The SMILES string of the molecule is O=[N+]([O-])c1ccc(C2OC=CO2)cc1. The predicted octanol–water partition coefficient (Wildman–Crippen LogP) is 2.11. The minimum absolute atomic E-state index is 0.0553. The highest BCUT2D eigenvalue weighted by Gasteiger charge is 2.16. The van der Waals surface area contributed by atoms with Gasteiger partial charge < -0.3 is 9.47 Å². The summed E-state index contributed by atoms with van der Waals surface area (Å²) in [6.45, 7) is 0. The molecule has 0 N–H and O–H groups in total. The van der Waals surface area contributed by atoms with E-state index in [1.54, 1.807) is 12.1 Å². The number of benzene rings is 1. The fourth-order valence-corrected chi connectivity index (χ4v) is 1.15. The first-order valence-corrected chi connectivity index (χ1v) is 3.97. The van der Waals surface area contributed by atoms with Crippen molar-refractivity contribution in [3.63, 3.8) is 0 Å². The number of hydrogen-bond acceptors (Lipinski definition) is 4. The maximum Gasteiger partial charge on any atom is 0.269 e. The lowest BCUT2D eigenvalue weighted by Crippen LogP contribution is -1.97. The third kappa shape index (κ3) is 1.52. The zero-order valence-electron chi connectivity index (χ0n) is 7.12. The van der Waals surface area contributed by atoms with Gasteiger partial charge in [-0.05, 0) is 12.1 Å². The van der Waals surface area contributed by atoms with Gasteiger partial charge in [-0.15, -0.1) is 0 Å². The highest BCUT2D eigenvalue weighted by Crippen LogP contribution is 2.25. The second-order valence-corrected chi connectivity index (χ2v) is 2.72. The number of ether oxygens (including phenoxy) is 2. The molecule has 1 aliphatic heterocycles. The summed E-state index contributed by atoms with van der Waals surface area (Å²) < 4.78 is 10.1. The Morgan fingerprint density at radius 2 is 1.71 bits per heavy atom. The number of nitro benzene ring substituents is 1. The molecule has 0 spiro atoms. The number of non-ortho nitro benzene ring substituents is 1. The van der Waals surface area contributed by atoms with Gasteiger partial charge in [0.05, 0.1) is 4.92 Å². The van der Waals surface area contributed by atoms with Crippen LogP contribution in [0.25, 0.3) is 0 Å². The van der Waals surface area contributed by atoms with Crippen LogP contribution in [0.5, 0.6) is 0 Å². The molecule has 0 atom stereocenters. The molecule has 72 valence electrons. The first kappa shape index (κ1) is 8.55. The average molecular weight is 193 g/mol. The zero-order chi connectivity index (χ0) is 9.97. The summed E-state index contributed by atoms with van der Waals surface area (Å²) in [6.07, 6.45) is 2.40. The molecule has 0 bridgehead atoms. The van der Waals surface area contributed by atoms with E-state index in [0.717, 1.165) is 5.56 Å². The van der Waals surface area contributed by atoms with Gasteiger partial charge in [0, 0.05) is 17.7 Å². The van der Waals surface area contributed by atoms with Crippen LogP contribution in [0.4, 0.5) is 5.69 Å². The largest absolute Gasteiger partial charge is 0.455 e. The Kier molecular flexibility index (Phi) is 2.06. The first-order valence-electron chi connectivity index (χ1n) is 3.97. The van der Waals surface area contributed by atoms with E-state index >= 15 is 0 Å². The summed E-state index contributed by atoms with van der Waals surface area (Å²) in [5.74, 6) is 0. The molecule has 0 saturated heterocycles. The van der Waals surface area contributed by atoms with E-state index in [1.165, 1.54) is 24.7 Å². The zero-order valence-corrected chi connectivity index (χ0v) is 7.12. The Labute approximate surface area is 79.7 Å². The Morgan fingerprint density at radius 3 is 2.21 bits per heavy atom. The topological polar surface area (TPSA) is 61.6 Å². The normalized spacial score (nSPS) is 14.9. The van der Waals surface area contributed by atoms with Gasteiger partial charge in [-0.1, -0.05) is 0 Å². The van der Waals surface area contributed by atoms with Gasteiger partial charge in [-0.2, -0.15) is 0 Å². The van der Waals surface area contributed by atoms with Crippen LogP contribution in [0, 0.1) is 10.1 Å². The number of nitro groups is 1. The highest BCUT2D eigenvalue weighted by molar-refractivity contribution is 5.33. The van der Waals surface area contributed by atoms with Crippen LogP contribution in [0.2, 0.25) is 0 Å². The summed E-state index contributed by atoms with van der Waals surface area (Å²) in [7, 11) is 0. The fraction of sp³-hybridized carbons (Fsp3) is 0.111. The van der Waals surface area contributed by atoms with Crippen LogP contribution in [-0.4, -0.2) is 4.92 Å². The van der Waals surface area contributed by atoms with Crippen LogP contribution in [-0.2, 0) is 9.47 Å². The maximum atomic E-state index is 10.4. The molecule has 1 heterocycles. The summed E-state index contributed by atoms with van der Waals surface area (Å²) in [5, 5.41) is 10.4. The summed E-state index contributed by atoms with van der Waals surface area (Å²) >= 11 is 0. The average Bonchev–Trinajstić information content (AvgIpc) is 2.71. The summed E-state index contributed by atoms with van der Waals surface area (Å²) in [4.78, 5) is 9.92. The number of rotatable bonds is 2. The molecule has 0 aliphatic carbocycles. The quantitative estimate of drug-likeness (QED) is 0.533. The van der Waals surface area contributed by atoms with E-state index in [2.05, 4.69) is 0 Å². The molecular weight excluding hydrogens is 186 g/mol. The smallest absolute Gasteiger partial charge is 0.269 e. The summed E-state index contributed by atoms with van der Waals surface area (Å²) in [5.41, 5.74) is 0.806. The molecule has 0 saturated carbocycles. The van der Waals surface area contributed by atoms with E-state index in [1.807, 2.05) is 0 Å². The highest BCUT2D eigenvalue weighted by atomic mass is 16.7. The van der Waals surface area contributed by atoms with Crippen LogP contribution in [0.1, 0.15) is 11.9 Å². The van der Waals surface area contributed by atoms with E-state index in [0.29, 0.717) is 0 Å². The van der Waals surface area contributed by atoms with Crippen molar-refractivity contribution >= 4 is 5.69 Å². The maximum absolute atomic E-state index is 10.4. The van der Waals surface area contributed by atoms with Gasteiger partial charge in [0.15, 0.2) is 0 Å². The fourth-order valence-electron chi connectivity index (χ4n) is 1.15. The van der Waals surface area contributed by atoms with E-state index in [9.17, 15) is 10.1 Å². The molecule has 5 heteroatoms. The van der Waals surface area contributed by atoms with Crippen molar-refractivity contribution in [3.05, 3.63) is 52.5 Å². The monoisotopic (exact) mass is 193 g/mol. The van der Waals surface area contributed by atoms with Crippen molar-refractivity contribution in [2.75, 3.05) is 0 Å². The van der Waals surface area contributed by atoms with Crippen LogP contribution in [0.3, 0.4) is 0 Å². The molecule has 0 unspecified atom stereocenters. The Morgan fingerprint density at radius 1 is 1.14 bits per heavy atom. The van der Waals surface area contributed by atoms with Crippen molar-refractivity contribution in [2.45, 2.75) is 6.29 Å². The molecule has 0 aromatic heterocycles. The second kappa shape index (κ2) is 3.37. The van der Waals surface area contributed by atoms with Crippen molar-refractivity contribution in [3.8, 4) is 0 Å². The standard InChI is InChI=1S/C9H7NO4/c11-10(12)8-3-1-7(2-4-8)9-13-5-6-14-9/h1-6,9H. The molecule has 2 rings (SSSR count). The lowest BCUT2D eigenvalue weighted by Gasteiger charge is -2.09. The van der Waals surface area contributed by atoms with Crippen molar-refractivity contribution in [1.82, 2.24) is 0 Å². The molecule has 1 aliphatic rings. The lowest BCUT2D eigenvalue weighted by molar-refractivity contribution is -0.384. The minimum atomic E-state index is -0.476. The van der Waals surface area contributed by atoms with E-state index in [4.69, 9.17) is 9.47 Å². The minimum Gasteiger partial charge on any atom is -0.455 e. The van der Waals surface area contributed by atoms with Crippen molar-refractivity contribution in [2.24, 2.45) is 0 Å². The van der Waals surface area contributed by atoms with E-state index < -0.39 is 11.2 Å². The Hall–Kier alpha value is -2.04.